The topological polar surface area (TPSA) is 67.3 Å². The predicted molar refractivity (Wildman–Crippen MR) is 114 cm³/mol. The lowest BCUT2D eigenvalue weighted by molar-refractivity contribution is -0.0120. The Labute approximate surface area is 177 Å². The van der Waals surface area contributed by atoms with Gasteiger partial charge in [-0.3, -0.25) is 4.79 Å². The van der Waals surface area contributed by atoms with E-state index >= 15 is 0 Å². The maximum absolute atomic E-state index is 13.3. The van der Waals surface area contributed by atoms with Gasteiger partial charge < -0.3 is 15.0 Å². The van der Waals surface area contributed by atoms with Crippen LogP contribution in [0.2, 0.25) is 0 Å². The molecule has 1 aromatic rings. The fourth-order valence-corrected chi connectivity index (χ4v) is 6.97. The maximum Gasteiger partial charge on any atom is 0.255 e. The highest BCUT2D eigenvalue weighted by molar-refractivity contribution is 7.99. The highest BCUT2D eigenvalue weighted by atomic mass is 32.2. The van der Waals surface area contributed by atoms with Gasteiger partial charge in [0.2, 0.25) is 5.95 Å². The van der Waals surface area contributed by atoms with Crippen molar-refractivity contribution >= 4 is 23.6 Å². The summed E-state index contributed by atoms with van der Waals surface area (Å²) in [5, 5.41) is 4.25. The molecule has 5 fully saturated rings. The van der Waals surface area contributed by atoms with E-state index in [4.69, 9.17) is 9.72 Å². The molecule has 4 aliphatic carbocycles. The fourth-order valence-electron chi connectivity index (χ4n) is 6.13. The number of nitrogens with zero attached hydrogens (tertiary/aromatic N) is 3. The minimum atomic E-state index is 0.0228. The molecule has 0 aromatic carbocycles. The van der Waals surface area contributed by atoms with Crippen LogP contribution in [0, 0.1) is 23.7 Å². The summed E-state index contributed by atoms with van der Waals surface area (Å²) in [6, 6.07) is 0.346. The molecule has 4 saturated carbocycles. The lowest BCUT2D eigenvalue weighted by Gasteiger charge is -2.54. The van der Waals surface area contributed by atoms with Crippen molar-refractivity contribution in [1.82, 2.24) is 15.3 Å². The second-order valence-electron chi connectivity index (χ2n) is 9.27. The summed E-state index contributed by atoms with van der Waals surface area (Å²) in [6.45, 7) is 5.17. The van der Waals surface area contributed by atoms with Crippen LogP contribution in [0.15, 0.2) is 11.2 Å². The van der Waals surface area contributed by atoms with Crippen molar-refractivity contribution in [1.29, 1.82) is 0 Å². The molecule has 0 atom stereocenters. The van der Waals surface area contributed by atoms with E-state index in [0.29, 0.717) is 36.7 Å². The summed E-state index contributed by atoms with van der Waals surface area (Å²) >= 11 is 1.67. The van der Waals surface area contributed by atoms with Gasteiger partial charge in [0.05, 0.1) is 18.8 Å². The number of carbonyl (C=O) groups is 1. The summed E-state index contributed by atoms with van der Waals surface area (Å²) in [7, 11) is 0. The van der Waals surface area contributed by atoms with Crippen LogP contribution < -0.4 is 10.2 Å². The average Bonchev–Trinajstić information content (AvgIpc) is 2.74. The number of hydrogen-bond donors (Lipinski definition) is 1. The minimum Gasteiger partial charge on any atom is -0.378 e. The van der Waals surface area contributed by atoms with Crippen LogP contribution in [0.3, 0.4) is 0 Å². The van der Waals surface area contributed by atoms with Crippen LogP contribution in [0.25, 0.3) is 0 Å². The molecule has 0 spiro atoms. The molecule has 1 N–H and O–H groups in total. The van der Waals surface area contributed by atoms with E-state index in [1.54, 1.807) is 18.0 Å². The summed E-state index contributed by atoms with van der Waals surface area (Å²) in [5.74, 6) is 4.88. The van der Waals surface area contributed by atoms with Gasteiger partial charge in [-0.05, 0) is 67.9 Å². The molecular weight excluding hydrogens is 384 g/mol. The van der Waals surface area contributed by atoms with Gasteiger partial charge in [0.25, 0.3) is 5.91 Å². The Kier molecular flexibility index (Phi) is 5.69. The van der Waals surface area contributed by atoms with Gasteiger partial charge in [0.1, 0.15) is 5.03 Å². The molecule has 7 heteroatoms. The zero-order valence-corrected chi connectivity index (χ0v) is 18.1. The van der Waals surface area contributed by atoms with E-state index < -0.39 is 0 Å². The van der Waals surface area contributed by atoms with Crippen molar-refractivity contribution in [2.45, 2.75) is 56.5 Å². The van der Waals surface area contributed by atoms with Gasteiger partial charge in [-0.2, -0.15) is 0 Å². The number of rotatable bonds is 6. The molecule has 6 nitrogen and oxygen atoms in total. The zero-order valence-electron chi connectivity index (χ0n) is 17.3. The minimum absolute atomic E-state index is 0.0228. The monoisotopic (exact) mass is 416 g/mol. The molecule has 1 saturated heterocycles. The van der Waals surface area contributed by atoms with Gasteiger partial charge in [-0.25, -0.2) is 9.97 Å². The van der Waals surface area contributed by atoms with E-state index in [0.717, 1.165) is 48.1 Å². The highest BCUT2D eigenvalue weighted by Crippen LogP contribution is 2.53. The number of hydrogen-bond acceptors (Lipinski definition) is 6. The van der Waals surface area contributed by atoms with E-state index in [2.05, 4.69) is 22.1 Å². The molecule has 1 aromatic heterocycles. The van der Waals surface area contributed by atoms with E-state index in [1.807, 2.05) is 0 Å². The Morgan fingerprint density at radius 2 is 1.86 bits per heavy atom. The molecule has 0 unspecified atom stereocenters. The van der Waals surface area contributed by atoms with Gasteiger partial charge in [0, 0.05) is 25.3 Å². The lowest BCUT2D eigenvalue weighted by Crippen LogP contribution is -2.55. The number of carbonyl (C=O) groups excluding carboxylic acids is 1. The van der Waals surface area contributed by atoms with Gasteiger partial charge in [-0.15, -0.1) is 11.8 Å². The molecule has 6 rings (SSSR count). The summed E-state index contributed by atoms with van der Waals surface area (Å²) < 4.78 is 5.44. The Bertz CT molecular complexity index is 724. The van der Waals surface area contributed by atoms with E-state index in [1.165, 1.54) is 32.1 Å². The number of aromatic nitrogens is 2. The standard InChI is InChI=1S/C22H32N4O2S/c1-2-7-29-21-18(13-23-22(25-21)26-3-5-28-6-4-26)20(27)24-19-16-9-14-8-15(11-16)12-17(19)10-14/h13-17,19H,2-12H2,1H3,(H,24,27). The quantitative estimate of drug-likeness (QED) is 0.566. The van der Waals surface area contributed by atoms with Crippen molar-refractivity contribution in [3.05, 3.63) is 11.8 Å². The summed E-state index contributed by atoms with van der Waals surface area (Å²) in [4.78, 5) is 24.8. The molecule has 0 radical (unpaired) electrons. The van der Waals surface area contributed by atoms with Crippen molar-refractivity contribution in [2.75, 3.05) is 37.0 Å². The van der Waals surface area contributed by atoms with Gasteiger partial charge in [-0.1, -0.05) is 6.92 Å². The van der Waals surface area contributed by atoms with Crippen LogP contribution in [-0.4, -0.2) is 54.0 Å². The first kappa shape index (κ1) is 19.6. The van der Waals surface area contributed by atoms with E-state index in [-0.39, 0.29) is 5.91 Å². The first-order valence-corrected chi connectivity index (χ1v) is 12.3. The number of amides is 1. The molecule has 1 amide bonds. The maximum atomic E-state index is 13.3. The van der Waals surface area contributed by atoms with Gasteiger partial charge >= 0.3 is 0 Å². The number of morpholine rings is 1. The second kappa shape index (κ2) is 8.42. The SMILES string of the molecule is CCCSc1nc(N2CCOCC2)ncc1C(=O)NC1C2CC3CC(C2)CC1C3. The third kappa shape index (κ3) is 4.00. The summed E-state index contributed by atoms with van der Waals surface area (Å²) in [5.41, 5.74) is 0.647. The van der Waals surface area contributed by atoms with Gasteiger partial charge in [0.15, 0.2) is 0 Å². The summed E-state index contributed by atoms with van der Waals surface area (Å²) in [6.07, 6.45) is 9.47. The van der Waals surface area contributed by atoms with E-state index in [9.17, 15) is 4.79 Å². The van der Waals surface area contributed by atoms with Crippen LogP contribution in [0.5, 0.6) is 0 Å². The normalized spacial score (nSPS) is 33.1. The van der Waals surface area contributed by atoms with Crippen molar-refractivity contribution in [2.24, 2.45) is 23.7 Å². The molecule has 5 aliphatic rings. The Morgan fingerprint density at radius 3 is 2.52 bits per heavy atom. The molecule has 2 heterocycles. The average molecular weight is 417 g/mol. The number of anilines is 1. The number of ether oxygens (including phenoxy) is 1. The Hall–Kier alpha value is -1.34. The first-order chi connectivity index (χ1) is 14.2. The van der Waals surface area contributed by atoms with Crippen LogP contribution in [-0.2, 0) is 4.74 Å². The lowest BCUT2D eigenvalue weighted by atomic mass is 9.54. The molecule has 158 valence electrons. The van der Waals surface area contributed by atoms with Crippen LogP contribution in [0.1, 0.15) is 55.8 Å². The van der Waals surface area contributed by atoms with Crippen molar-refractivity contribution in [3.8, 4) is 0 Å². The molecule has 4 bridgehead atoms. The zero-order chi connectivity index (χ0) is 19.8. The Morgan fingerprint density at radius 1 is 1.17 bits per heavy atom. The number of thioether (sulfide) groups is 1. The predicted octanol–water partition coefficient (Wildman–Crippen LogP) is 3.37. The highest BCUT2D eigenvalue weighted by Gasteiger charge is 2.48. The largest absolute Gasteiger partial charge is 0.378 e. The molecular formula is C22H32N4O2S. The van der Waals surface area contributed by atoms with Crippen molar-refractivity contribution < 1.29 is 9.53 Å². The van der Waals surface area contributed by atoms with Crippen LogP contribution >= 0.6 is 11.8 Å². The van der Waals surface area contributed by atoms with Crippen molar-refractivity contribution in [3.63, 3.8) is 0 Å². The van der Waals surface area contributed by atoms with Crippen LogP contribution in [0.4, 0.5) is 5.95 Å². The third-order valence-electron chi connectivity index (χ3n) is 7.25. The molecule has 29 heavy (non-hydrogen) atoms. The fraction of sp³-hybridized carbons (Fsp3) is 0.773. The third-order valence-corrected chi connectivity index (χ3v) is 8.44. The Balaban J connectivity index is 1.34. The number of nitrogens with one attached hydrogen (secondary N) is 1. The first-order valence-electron chi connectivity index (χ1n) is 11.3. The molecule has 1 aliphatic heterocycles. The second-order valence-corrected chi connectivity index (χ2v) is 10.4. The smallest absolute Gasteiger partial charge is 0.255 e.